The maximum Gasteiger partial charge on any atom is 0.257 e. The third-order valence-electron chi connectivity index (χ3n) is 3.81. The highest BCUT2D eigenvalue weighted by molar-refractivity contribution is 6.31. The number of hydrogen-bond acceptors (Lipinski definition) is 3. The first-order chi connectivity index (χ1) is 12.1. The molecule has 1 N–H and O–H groups in total. The number of halogens is 1. The Morgan fingerprint density at radius 2 is 1.84 bits per heavy atom. The van der Waals surface area contributed by atoms with Gasteiger partial charge >= 0.3 is 0 Å². The second kappa shape index (κ2) is 7.36. The molecule has 0 atom stereocenters. The molecule has 0 fully saturated rings. The van der Waals surface area contributed by atoms with Gasteiger partial charge in [-0.3, -0.25) is 9.78 Å². The summed E-state index contributed by atoms with van der Waals surface area (Å²) in [4.78, 5) is 17.2. The Balaban J connectivity index is 1.87. The summed E-state index contributed by atoms with van der Waals surface area (Å²) in [6.07, 6.45) is 0. The number of anilines is 1. The van der Waals surface area contributed by atoms with Crippen molar-refractivity contribution in [1.29, 1.82) is 0 Å². The molecule has 4 nitrogen and oxygen atoms in total. The van der Waals surface area contributed by atoms with Crippen LogP contribution < -0.4 is 10.1 Å². The second-order valence-corrected chi connectivity index (χ2v) is 5.93. The summed E-state index contributed by atoms with van der Waals surface area (Å²) in [5.74, 6) is 0.287. The van der Waals surface area contributed by atoms with Gasteiger partial charge < -0.3 is 10.1 Å². The molecule has 5 heteroatoms. The van der Waals surface area contributed by atoms with Crippen molar-refractivity contribution in [3.63, 3.8) is 0 Å². The number of ether oxygens (including phenoxy) is 1. The highest BCUT2D eigenvalue weighted by Crippen LogP contribution is 2.28. The lowest BCUT2D eigenvalue weighted by Crippen LogP contribution is -2.15. The topological polar surface area (TPSA) is 51.2 Å². The van der Waals surface area contributed by atoms with Crippen molar-refractivity contribution < 1.29 is 9.53 Å². The van der Waals surface area contributed by atoms with Gasteiger partial charge in [0.05, 0.1) is 29.7 Å². The molecule has 1 heterocycles. The summed E-state index contributed by atoms with van der Waals surface area (Å²) in [7, 11) is 1.54. The predicted octanol–water partition coefficient (Wildman–Crippen LogP) is 4.97. The van der Waals surface area contributed by atoms with E-state index in [-0.39, 0.29) is 5.91 Å². The third-order valence-corrected chi connectivity index (χ3v) is 4.04. The van der Waals surface area contributed by atoms with Gasteiger partial charge in [0.1, 0.15) is 5.75 Å². The molecule has 0 aliphatic carbocycles. The fourth-order valence-electron chi connectivity index (χ4n) is 2.54. The Labute approximate surface area is 151 Å². The summed E-state index contributed by atoms with van der Waals surface area (Å²) in [6, 6.07) is 18.5. The van der Waals surface area contributed by atoms with Gasteiger partial charge in [-0.2, -0.15) is 0 Å². The summed E-state index contributed by atoms with van der Waals surface area (Å²) < 4.78 is 5.26. The Hall–Kier alpha value is -2.85. The van der Waals surface area contributed by atoms with Crippen LogP contribution in [0.1, 0.15) is 16.1 Å². The lowest BCUT2D eigenvalue weighted by Gasteiger charge is -2.12. The van der Waals surface area contributed by atoms with E-state index in [1.807, 2.05) is 43.3 Å². The maximum atomic E-state index is 12.6. The first-order valence-corrected chi connectivity index (χ1v) is 8.14. The lowest BCUT2D eigenvalue weighted by atomic mass is 10.1. The summed E-state index contributed by atoms with van der Waals surface area (Å²) >= 11 is 6.00. The number of amides is 1. The van der Waals surface area contributed by atoms with Gasteiger partial charge in [-0.15, -0.1) is 0 Å². The van der Waals surface area contributed by atoms with Crippen molar-refractivity contribution in [2.45, 2.75) is 6.92 Å². The minimum Gasteiger partial charge on any atom is -0.495 e. The second-order valence-electron chi connectivity index (χ2n) is 5.49. The van der Waals surface area contributed by atoms with Crippen molar-refractivity contribution in [2.75, 3.05) is 12.4 Å². The van der Waals surface area contributed by atoms with E-state index in [0.717, 1.165) is 11.3 Å². The fourth-order valence-corrected chi connectivity index (χ4v) is 2.71. The zero-order valence-corrected chi connectivity index (χ0v) is 14.7. The van der Waals surface area contributed by atoms with E-state index < -0.39 is 0 Å². The zero-order valence-electron chi connectivity index (χ0n) is 13.9. The fraction of sp³-hybridized carbons (Fsp3) is 0.100. The molecule has 3 rings (SSSR count). The third kappa shape index (κ3) is 3.80. The molecule has 0 saturated carbocycles. The van der Waals surface area contributed by atoms with Gasteiger partial charge in [0, 0.05) is 10.6 Å². The van der Waals surface area contributed by atoms with Crippen molar-refractivity contribution in [3.05, 3.63) is 76.9 Å². The smallest absolute Gasteiger partial charge is 0.257 e. The van der Waals surface area contributed by atoms with Crippen LogP contribution in [0.2, 0.25) is 5.02 Å². The Morgan fingerprint density at radius 3 is 2.52 bits per heavy atom. The number of hydrogen-bond donors (Lipinski definition) is 1. The number of rotatable bonds is 4. The van der Waals surface area contributed by atoms with Crippen molar-refractivity contribution in [2.24, 2.45) is 0 Å². The summed E-state index contributed by atoms with van der Waals surface area (Å²) in [5, 5.41) is 3.35. The number of carbonyl (C=O) groups is 1. The van der Waals surface area contributed by atoms with Gasteiger partial charge in [0.15, 0.2) is 0 Å². The molecular formula is C20H17ClN2O2. The highest BCUT2D eigenvalue weighted by atomic mass is 35.5. The molecule has 0 saturated heterocycles. The number of pyridine rings is 1. The van der Waals surface area contributed by atoms with Crippen LogP contribution in [0.5, 0.6) is 5.75 Å². The van der Waals surface area contributed by atoms with Crippen LogP contribution in [0.25, 0.3) is 11.3 Å². The normalized spacial score (nSPS) is 10.4. The number of aryl methyl sites for hydroxylation is 1. The minimum atomic E-state index is -0.259. The van der Waals surface area contributed by atoms with E-state index in [0.29, 0.717) is 27.7 Å². The average Bonchev–Trinajstić information content (AvgIpc) is 2.62. The van der Waals surface area contributed by atoms with Gasteiger partial charge in [0.2, 0.25) is 0 Å². The van der Waals surface area contributed by atoms with E-state index >= 15 is 0 Å². The molecule has 0 aliphatic rings. The lowest BCUT2D eigenvalue weighted by molar-refractivity contribution is 0.102. The van der Waals surface area contributed by atoms with E-state index in [9.17, 15) is 4.79 Å². The Bertz CT molecular complexity index is 911. The number of nitrogens with one attached hydrogen (secondary N) is 1. The molecule has 126 valence electrons. The molecular weight excluding hydrogens is 336 g/mol. The molecule has 0 spiro atoms. The highest BCUT2D eigenvalue weighted by Gasteiger charge is 2.14. The molecule has 0 radical (unpaired) electrons. The van der Waals surface area contributed by atoms with Crippen molar-refractivity contribution >= 4 is 23.2 Å². The Kier molecular flexibility index (Phi) is 5.00. The molecule has 1 aromatic heterocycles. The van der Waals surface area contributed by atoms with Crippen LogP contribution in [0.15, 0.2) is 60.7 Å². The molecule has 2 aromatic carbocycles. The maximum absolute atomic E-state index is 12.6. The molecule has 0 bridgehead atoms. The van der Waals surface area contributed by atoms with Crippen LogP contribution in [-0.4, -0.2) is 18.0 Å². The number of aromatic nitrogens is 1. The van der Waals surface area contributed by atoms with Crippen LogP contribution in [0.4, 0.5) is 5.69 Å². The Morgan fingerprint density at radius 1 is 1.08 bits per heavy atom. The SMILES string of the molecule is COc1ccc(Cl)cc1NC(=O)c1ccc(-c2ccccc2)nc1C. The van der Waals surface area contributed by atoms with Crippen molar-refractivity contribution in [3.8, 4) is 17.0 Å². The van der Waals surface area contributed by atoms with E-state index in [4.69, 9.17) is 16.3 Å². The van der Waals surface area contributed by atoms with Gasteiger partial charge in [-0.25, -0.2) is 0 Å². The van der Waals surface area contributed by atoms with Gasteiger partial charge in [0.25, 0.3) is 5.91 Å². The number of nitrogens with zero attached hydrogens (tertiary/aromatic N) is 1. The first kappa shape index (κ1) is 17.0. The predicted molar refractivity (Wildman–Crippen MR) is 100 cm³/mol. The van der Waals surface area contributed by atoms with E-state index in [1.54, 1.807) is 31.4 Å². The van der Waals surface area contributed by atoms with Crippen molar-refractivity contribution in [1.82, 2.24) is 4.98 Å². The quantitative estimate of drug-likeness (QED) is 0.721. The van der Waals surface area contributed by atoms with Crippen LogP contribution in [0, 0.1) is 6.92 Å². The van der Waals surface area contributed by atoms with Crippen LogP contribution in [0.3, 0.4) is 0 Å². The standard InChI is InChI=1S/C20H17ClN2O2/c1-13-16(9-10-17(22-13)14-6-4-3-5-7-14)20(24)23-18-12-15(21)8-11-19(18)25-2/h3-12H,1-2H3,(H,23,24). The summed E-state index contributed by atoms with van der Waals surface area (Å²) in [6.45, 7) is 1.82. The van der Waals surface area contributed by atoms with Crippen LogP contribution >= 0.6 is 11.6 Å². The zero-order chi connectivity index (χ0) is 17.8. The van der Waals surface area contributed by atoms with E-state index in [2.05, 4.69) is 10.3 Å². The largest absolute Gasteiger partial charge is 0.495 e. The van der Waals surface area contributed by atoms with Gasteiger partial charge in [-0.05, 0) is 37.3 Å². The molecule has 0 aliphatic heterocycles. The molecule has 3 aromatic rings. The monoisotopic (exact) mass is 352 g/mol. The molecule has 0 unspecified atom stereocenters. The number of methoxy groups -OCH3 is 1. The van der Waals surface area contributed by atoms with Crippen LogP contribution in [-0.2, 0) is 0 Å². The first-order valence-electron chi connectivity index (χ1n) is 7.76. The van der Waals surface area contributed by atoms with Gasteiger partial charge in [-0.1, -0.05) is 41.9 Å². The minimum absolute atomic E-state index is 0.259. The molecule has 25 heavy (non-hydrogen) atoms. The van der Waals surface area contributed by atoms with E-state index in [1.165, 1.54) is 0 Å². The summed E-state index contributed by atoms with van der Waals surface area (Å²) in [5.41, 5.74) is 3.51. The molecule has 1 amide bonds. The average molecular weight is 353 g/mol. The number of benzene rings is 2. The number of carbonyl (C=O) groups excluding carboxylic acids is 1.